The fourth-order valence-corrected chi connectivity index (χ4v) is 2.09. The molecule has 7 heteroatoms. The third kappa shape index (κ3) is 5.00. The van der Waals surface area contributed by atoms with E-state index < -0.39 is 10.8 Å². The minimum Gasteiger partial charge on any atom is -0.345 e. The van der Waals surface area contributed by atoms with Crippen LogP contribution >= 0.6 is 0 Å². The summed E-state index contributed by atoms with van der Waals surface area (Å²) in [7, 11) is 3.30. The van der Waals surface area contributed by atoms with Crippen LogP contribution in [0.15, 0.2) is 54.6 Å². The summed E-state index contributed by atoms with van der Waals surface area (Å²) in [5.41, 5.74) is 1.45. The summed E-state index contributed by atoms with van der Waals surface area (Å²) >= 11 is 0. The second-order valence-electron chi connectivity index (χ2n) is 5.46. The number of benzene rings is 2. The number of non-ortho nitro benzene ring substituents is 1. The molecule has 0 radical (unpaired) electrons. The molecule has 7 nitrogen and oxygen atoms in total. The molecule has 2 aromatic carbocycles. The lowest BCUT2D eigenvalue weighted by molar-refractivity contribution is -0.384. The van der Waals surface area contributed by atoms with Crippen molar-refractivity contribution in [3.63, 3.8) is 0 Å². The first-order valence-corrected chi connectivity index (χ1v) is 7.42. The van der Waals surface area contributed by atoms with Crippen LogP contribution in [0.5, 0.6) is 0 Å². The zero-order valence-electron chi connectivity index (χ0n) is 13.8. The molecule has 25 heavy (non-hydrogen) atoms. The first-order chi connectivity index (χ1) is 11.9. The number of rotatable bonds is 5. The number of nitrogens with one attached hydrogen (secondary N) is 1. The lowest BCUT2D eigenvalue weighted by atomic mass is 10.1. The van der Waals surface area contributed by atoms with E-state index in [0.29, 0.717) is 16.8 Å². The molecule has 2 aromatic rings. The van der Waals surface area contributed by atoms with Gasteiger partial charge in [0.1, 0.15) is 0 Å². The number of amides is 2. The SMILES string of the molecule is CN(C)C(=O)c1cccc(NC(=O)/C=C/c2cccc([N+](=O)[O-])c2)c1. The summed E-state index contributed by atoms with van der Waals surface area (Å²) in [4.78, 5) is 35.6. The fraction of sp³-hybridized carbons (Fsp3) is 0.111. The number of nitro groups is 1. The average molecular weight is 339 g/mol. The Balaban J connectivity index is 2.07. The molecule has 128 valence electrons. The third-order valence-electron chi connectivity index (χ3n) is 3.29. The van der Waals surface area contributed by atoms with Gasteiger partial charge in [0, 0.05) is 43.6 Å². The van der Waals surface area contributed by atoms with Gasteiger partial charge in [0.2, 0.25) is 5.91 Å². The van der Waals surface area contributed by atoms with Gasteiger partial charge in [-0.2, -0.15) is 0 Å². The first-order valence-electron chi connectivity index (χ1n) is 7.42. The Labute approximate surface area is 144 Å². The Hall–Kier alpha value is -3.48. The standard InChI is InChI=1S/C18H17N3O4/c1-20(2)18(23)14-6-4-7-15(12-14)19-17(22)10-9-13-5-3-8-16(11-13)21(24)25/h3-12H,1-2H3,(H,19,22)/b10-9+. The van der Waals surface area contributed by atoms with Gasteiger partial charge >= 0.3 is 0 Å². The van der Waals surface area contributed by atoms with Gasteiger partial charge in [-0.05, 0) is 29.8 Å². The van der Waals surface area contributed by atoms with Crippen LogP contribution < -0.4 is 5.32 Å². The zero-order chi connectivity index (χ0) is 18.4. The van der Waals surface area contributed by atoms with E-state index in [1.807, 2.05) is 0 Å². The van der Waals surface area contributed by atoms with Crippen LogP contribution in [0.25, 0.3) is 6.08 Å². The van der Waals surface area contributed by atoms with Crippen LogP contribution in [0.2, 0.25) is 0 Å². The topological polar surface area (TPSA) is 92.6 Å². The molecule has 0 heterocycles. The average Bonchev–Trinajstić information content (AvgIpc) is 2.59. The quantitative estimate of drug-likeness (QED) is 0.515. The van der Waals surface area contributed by atoms with Gasteiger partial charge in [-0.25, -0.2) is 0 Å². The Morgan fingerprint density at radius 1 is 1.12 bits per heavy atom. The smallest absolute Gasteiger partial charge is 0.270 e. The molecule has 0 bridgehead atoms. The lowest BCUT2D eigenvalue weighted by Crippen LogP contribution is -2.21. The summed E-state index contributed by atoms with van der Waals surface area (Å²) in [6.45, 7) is 0. The number of nitrogens with zero attached hydrogens (tertiary/aromatic N) is 2. The van der Waals surface area contributed by atoms with Gasteiger partial charge in [-0.3, -0.25) is 19.7 Å². The number of carbonyl (C=O) groups is 2. The van der Waals surface area contributed by atoms with Crippen molar-refractivity contribution in [3.05, 3.63) is 75.8 Å². The molecule has 2 rings (SSSR count). The van der Waals surface area contributed by atoms with Crippen LogP contribution in [0, 0.1) is 10.1 Å². The molecular formula is C18H17N3O4. The number of hydrogen-bond donors (Lipinski definition) is 1. The zero-order valence-corrected chi connectivity index (χ0v) is 13.8. The monoisotopic (exact) mass is 339 g/mol. The normalized spacial score (nSPS) is 10.5. The molecular weight excluding hydrogens is 322 g/mol. The molecule has 0 spiro atoms. The van der Waals surface area contributed by atoms with Gasteiger partial charge < -0.3 is 10.2 Å². The minimum atomic E-state index is -0.495. The molecule has 0 aliphatic carbocycles. The molecule has 0 unspecified atom stereocenters. The van der Waals surface area contributed by atoms with Crippen LogP contribution in [0.1, 0.15) is 15.9 Å². The Kier molecular flexibility index (Phi) is 5.62. The van der Waals surface area contributed by atoms with E-state index in [-0.39, 0.29) is 11.6 Å². The van der Waals surface area contributed by atoms with Crippen LogP contribution in [-0.2, 0) is 4.79 Å². The minimum absolute atomic E-state index is 0.0440. The van der Waals surface area contributed by atoms with Crippen molar-refractivity contribution in [1.29, 1.82) is 0 Å². The van der Waals surface area contributed by atoms with Crippen LogP contribution in [-0.4, -0.2) is 35.7 Å². The second-order valence-corrected chi connectivity index (χ2v) is 5.46. The molecule has 0 saturated heterocycles. The molecule has 0 fully saturated rings. The van der Waals surface area contributed by atoms with E-state index in [1.165, 1.54) is 29.2 Å². The molecule has 0 aliphatic heterocycles. The maximum absolute atomic E-state index is 12.0. The summed E-state index contributed by atoms with van der Waals surface area (Å²) < 4.78 is 0. The van der Waals surface area contributed by atoms with Crippen molar-refractivity contribution in [2.24, 2.45) is 0 Å². The van der Waals surface area contributed by atoms with E-state index in [1.54, 1.807) is 50.5 Å². The molecule has 0 aromatic heterocycles. The lowest BCUT2D eigenvalue weighted by Gasteiger charge is -2.11. The van der Waals surface area contributed by atoms with Crippen molar-refractivity contribution in [3.8, 4) is 0 Å². The highest BCUT2D eigenvalue weighted by atomic mass is 16.6. The van der Waals surface area contributed by atoms with E-state index in [4.69, 9.17) is 0 Å². The molecule has 2 amide bonds. The molecule has 0 atom stereocenters. The van der Waals surface area contributed by atoms with Gasteiger partial charge in [0.05, 0.1) is 4.92 Å². The second kappa shape index (κ2) is 7.87. The fourth-order valence-electron chi connectivity index (χ4n) is 2.09. The maximum Gasteiger partial charge on any atom is 0.270 e. The Morgan fingerprint density at radius 3 is 2.52 bits per heavy atom. The number of nitro benzene ring substituents is 1. The van der Waals surface area contributed by atoms with Crippen LogP contribution in [0.3, 0.4) is 0 Å². The van der Waals surface area contributed by atoms with Gasteiger partial charge in [0.15, 0.2) is 0 Å². The summed E-state index contributed by atoms with van der Waals surface area (Å²) in [6, 6.07) is 12.6. The maximum atomic E-state index is 12.0. The highest BCUT2D eigenvalue weighted by Crippen LogP contribution is 2.15. The van der Waals surface area contributed by atoms with E-state index in [9.17, 15) is 19.7 Å². The number of anilines is 1. The third-order valence-corrected chi connectivity index (χ3v) is 3.29. The van der Waals surface area contributed by atoms with Gasteiger partial charge in [-0.15, -0.1) is 0 Å². The number of carbonyl (C=O) groups excluding carboxylic acids is 2. The van der Waals surface area contributed by atoms with Crippen LogP contribution in [0.4, 0.5) is 11.4 Å². The summed E-state index contributed by atoms with van der Waals surface area (Å²) in [5.74, 6) is -0.566. The molecule has 0 aliphatic rings. The van der Waals surface area contributed by atoms with Crippen molar-refractivity contribution >= 4 is 29.3 Å². The first kappa shape index (κ1) is 17.9. The molecule has 0 saturated carbocycles. The van der Waals surface area contributed by atoms with Crippen molar-refractivity contribution in [2.75, 3.05) is 19.4 Å². The highest BCUT2D eigenvalue weighted by Gasteiger charge is 2.09. The van der Waals surface area contributed by atoms with Crippen molar-refractivity contribution in [1.82, 2.24) is 4.90 Å². The Bertz CT molecular complexity index is 844. The highest BCUT2D eigenvalue weighted by molar-refractivity contribution is 6.03. The Morgan fingerprint density at radius 2 is 1.84 bits per heavy atom. The number of hydrogen-bond acceptors (Lipinski definition) is 4. The van der Waals surface area contributed by atoms with E-state index in [2.05, 4.69) is 5.32 Å². The van der Waals surface area contributed by atoms with Crippen molar-refractivity contribution < 1.29 is 14.5 Å². The van der Waals surface area contributed by atoms with Gasteiger partial charge in [-0.1, -0.05) is 18.2 Å². The van der Waals surface area contributed by atoms with E-state index in [0.717, 1.165) is 0 Å². The van der Waals surface area contributed by atoms with E-state index >= 15 is 0 Å². The predicted molar refractivity (Wildman–Crippen MR) is 95.2 cm³/mol. The molecule has 1 N–H and O–H groups in total. The largest absolute Gasteiger partial charge is 0.345 e. The van der Waals surface area contributed by atoms with Gasteiger partial charge in [0.25, 0.3) is 11.6 Å². The summed E-state index contributed by atoms with van der Waals surface area (Å²) in [6.07, 6.45) is 2.76. The summed E-state index contributed by atoms with van der Waals surface area (Å²) in [5, 5.41) is 13.4. The van der Waals surface area contributed by atoms with Crippen molar-refractivity contribution in [2.45, 2.75) is 0 Å². The predicted octanol–water partition coefficient (Wildman–Crippen LogP) is 2.95.